The molecule has 0 bridgehead atoms. The Morgan fingerprint density at radius 1 is 1.30 bits per heavy atom. The highest BCUT2D eigenvalue weighted by Crippen LogP contribution is 2.53. The zero-order chi connectivity index (χ0) is 15.8. The first-order valence-electron chi connectivity index (χ1n) is 7.41. The monoisotopic (exact) mass is 306 g/mol. The maximum absolute atomic E-state index is 12.1. The van der Waals surface area contributed by atoms with E-state index in [4.69, 9.17) is 10.00 Å². The molecule has 114 valence electrons. The number of carbonyl (C=O) groups excluding carboxylic acids is 1. The Labute approximate surface area is 133 Å². The molecule has 2 aromatic rings. The topological polar surface area (TPSA) is 87.0 Å². The summed E-state index contributed by atoms with van der Waals surface area (Å²) in [7, 11) is 0. The third-order valence-corrected chi connectivity index (χ3v) is 4.31. The van der Waals surface area contributed by atoms with Gasteiger partial charge in [-0.3, -0.25) is 5.32 Å². The lowest BCUT2D eigenvalue weighted by molar-refractivity contribution is 0.249. The lowest BCUT2D eigenvalue weighted by atomic mass is 10.1. The lowest BCUT2D eigenvalue weighted by Crippen LogP contribution is -2.32. The van der Waals surface area contributed by atoms with Crippen molar-refractivity contribution in [2.45, 2.75) is 12.0 Å². The van der Waals surface area contributed by atoms with Crippen LogP contribution in [0.3, 0.4) is 0 Å². The van der Waals surface area contributed by atoms with E-state index in [0.29, 0.717) is 29.8 Å². The summed E-state index contributed by atoms with van der Waals surface area (Å²) in [6, 6.07) is 12.9. The molecule has 0 radical (unpaired) electrons. The van der Waals surface area contributed by atoms with Gasteiger partial charge < -0.3 is 10.1 Å². The van der Waals surface area contributed by atoms with E-state index in [1.165, 1.54) is 6.20 Å². The third-order valence-electron chi connectivity index (χ3n) is 4.31. The molecule has 1 saturated carbocycles. The summed E-state index contributed by atoms with van der Waals surface area (Å²) in [6.45, 7) is 0.627. The van der Waals surface area contributed by atoms with Crippen LogP contribution in [-0.4, -0.2) is 23.7 Å². The van der Waals surface area contributed by atoms with Crippen molar-refractivity contribution >= 4 is 11.8 Å². The van der Waals surface area contributed by atoms with Crippen LogP contribution in [0.2, 0.25) is 0 Å². The molecule has 0 saturated heterocycles. The summed E-state index contributed by atoms with van der Waals surface area (Å²) in [5.41, 5.74) is 1.61. The number of aromatic nitrogens is 1. The van der Waals surface area contributed by atoms with Crippen LogP contribution in [0.15, 0.2) is 42.6 Å². The fourth-order valence-electron chi connectivity index (χ4n) is 3.11. The summed E-state index contributed by atoms with van der Waals surface area (Å²) in [5.74, 6) is 1.97. The number of nitriles is 1. The summed E-state index contributed by atoms with van der Waals surface area (Å²) in [5, 5.41) is 14.4. The summed E-state index contributed by atoms with van der Waals surface area (Å²) in [4.78, 5) is 16.1. The highest BCUT2D eigenvalue weighted by molar-refractivity contribution is 5.88. The molecule has 0 spiro atoms. The minimum absolute atomic E-state index is 0.0806. The van der Waals surface area contributed by atoms with Crippen molar-refractivity contribution in [1.82, 2.24) is 10.3 Å². The summed E-state index contributed by atoms with van der Waals surface area (Å²) >= 11 is 0. The molecule has 6 heteroatoms. The number of ether oxygens (including phenoxy) is 1. The molecule has 1 aromatic carbocycles. The first-order chi connectivity index (χ1) is 11.3. The number of nitrogens with zero attached hydrogens (tertiary/aromatic N) is 2. The Morgan fingerprint density at radius 2 is 2.17 bits per heavy atom. The largest absolute Gasteiger partial charge is 0.493 e. The first kappa shape index (κ1) is 13.6. The van der Waals surface area contributed by atoms with Crippen LogP contribution < -0.4 is 15.4 Å². The van der Waals surface area contributed by atoms with E-state index >= 15 is 0 Å². The van der Waals surface area contributed by atoms with Gasteiger partial charge in [0.05, 0.1) is 12.2 Å². The molecule has 2 heterocycles. The maximum Gasteiger partial charge on any atom is 0.320 e. The Bertz CT molecular complexity index is 797. The van der Waals surface area contributed by atoms with E-state index in [9.17, 15) is 4.79 Å². The van der Waals surface area contributed by atoms with Gasteiger partial charge in [0, 0.05) is 24.1 Å². The molecule has 4 rings (SSSR count). The van der Waals surface area contributed by atoms with Gasteiger partial charge in [0.25, 0.3) is 0 Å². The number of rotatable bonds is 2. The quantitative estimate of drug-likeness (QED) is 0.891. The van der Waals surface area contributed by atoms with Crippen LogP contribution >= 0.6 is 0 Å². The molecule has 1 aliphatic carbocycles. The van der Waals surface area contributed by atoms with Crippen LogP contribution in [-0.2, 0) is 0 Å². The number of pyridine rings is 1. The Hall–Kier alpha value is -3.07. The Morgan fingerprint density at radius 3 is 2.96 bits per heavy atom. The summed E-state index contributed by atoms with van der Waals surface area (Å²) in [6.07, 6.45) is 1.43. The molecule has 1 aliphatic heterocycles. The second-order valence-electron chi connectivity index (χ2n) is 5.71. The van der Waals surface area contributed by atoms with Gasteiger partial charge in [-0.1, -0.05) is 18.2 Å². The third kappa shape index (κ3) is 2.46. The van der Waals surface area contributed by atoms with Gasteiger partial charge in [0.2, 0.25) is 0 Å². The highest BCUT2D eigenvalue weighted by Gasteiger charge is 2.55. The number of nitrogens with one attached hydrogen (secondary N) is 2. The number of para-hydroxylation sites is 1. The van der Waals surface area contributed by atoms with Crippen molar-refractivity contribution in [2.75, 3.05) is 11.9 Å². The van der Waals surface area contributed by atoms with Gasteiger partial charge >= 0.3 is 6.03 Å². The van der Waals surface area contributed by atoms with Crippen molar-refractivity contribution < 1.29 is 9.53 Å². The molecule has 1 fully saturated rings. The minimum Gasteiger partial charge on any atom is -0.493 e. The number of amides is 2. The molecular formula is C17H14N4O2. The van der Waals surface area contributed by atoms with Crippen molar-refractivity contribution in [1.29, 1.82) is 5.26 Å². The predicted octanol–water partition coefficient (Wildman–Crippen LogP) is 2.25. The molecule has 2 aliphatic rings. The number of urea groups is 1. The average Bonchev–Trinajstić information content (AvgIpc) is 3.29. The maximum atomic E-state index is 12.1. The van der Waals surface area contributed by atoms with Gasteiger partial charge in [0.15, 0.2) is 0 Å². The summed E-state index contributed by atoms with van der Waals surface area (Å²) < 4.78 is 5.72. The van der Waals surface area contributed by atoms with Crippen LogP contribution in [0.1, 0.15) is 17.0 Å². The zero-order valence-electron chi connectivity index (χ0n) is 12.2. The Balaban J connectivity index is 1.40. The second-order valence-corrected chi connectivity index (χ2v) is 5.71. The smallest absolute Gasteiger partial charge is 0.320 e. The highest BCUT2D eigenvalue weighted by atomic mass is 16.5. The molecule has 23 heavy (non-hydrogen) atoms. The number of benzene rings is 1. The zero-order valence-corrected chi connectivity index (χ0v) is 12.2. The first-order valence-corrected chi connectivity index (χ1v) is 7.41. The molecule has 3 atom stereocenters. The van der Waals surface area contributed by atoms with E-state index in [-0.39, 0.29) is 12.1 Å². The molecule has 6 nitrogen and oxygen atoms in total. The number of hydrogen-bond donors (Lipinski definition) is 2. The van der Waals surface area contributed by atoms with Crippen molar-refractivity contribution in [3.63, 3.8) is 0 Å². The predicted molar refractivity (Wildman–Crippen MR) is 83.1 cm³/mol. The second kappa shape index (κ2) is 5.29. The molecule has 1 aromatic heterocycles. The number of carbonyl (C=O) groups is 1. The average molecular weight is 306 g/mol. The lowest BCUT2D eigenvalue weighted by Gasteiger charge is -2.14. The van der Waals surface area contributed by atoms with Gasteiger partial charge in [0.1, 0.15) is 17.6 Å². The van der Waals surface area contributed by atoms with Gasteiger partial charge in [-0.25, -0.2) is 9.78 Å². The van der Waals surface area contributed by atoms with E-state index in [1.807, 2.05) is 30.3 Å². The number of anilines is 1. The fraction of sp³-hybridized carbons (Fsp3) is 0.235. The standard InChI is InChI=1S/C17H14N4O2/c18-7-10-5-6-14(19-8-10)20-17(22)21-16-12-9-23-13-4-2-1-3-11(13)15(12)16/h1-6,8,12,15-16H,9H2,(H2,19,20,21,22). The normalized spacial score (nSPS) is 23.5. The van der Waals surface area contributed by atoms with Crippen LogP contribution in [0.4, 0.5) is 10.6 Å². The van der Waals surface area contributed by atoms with Crippen LogP contribution in [0, 0.1) is 17.2 Å². The van der Waals surface area contributed by atoms with Crippen molar-refractivity contribution in [2.24, 2.45) is 5.92 Å². The molecular weight excluding hydrogens is 292 g/mol. The molecule has 3 unspecified atom stereocenters. The fourth-order valence-corrected chi connectivity index (χ4v) is 3.11. The van der Waals surface area contributed by atoms with Gasteiger partial charge in [-0.2, -0.15) is 5.26 Å². The minimum atomic E-state index is -0.293. The SMILES string of the molecule is N#Cc1ccc(NC(=O)NC2C3COc4ccccc4C32)nc1. The van der Waals surface area contributed by atoms with Crippen molar-refractivity contribution in [3.8, 4) is 11.8 Å². The Kier molecular flexibility index (Phi) is 3.12. The number of hydrogen-bond acceptors (Lipinski definition) is 4. The van der Waals surface area contributed by atoms with E-state index in [1.54, 1.807) is 12.1 Å². The van der Waals surface area contributed by atoms with E-state index in [2.05, 4.69) is 15.6 Å². The van der Waals surface area contributed by atoms with E-state index in [0.717, 1.165) is 11.3 Å². The van der Waals surface area contributed by atoms with Crippen LogP contribution in [0.5, 0.6) is 5.75 Å². The van der Waals surface area contributed by atoms with Crippen molar-refractivity contribution in [3.05, 3.63) is 53.7 Å². The van der Waals surface area contributed by atoms with Gasteiger partial charge in [-0.05, 0) is 23.8 Å². The molecule has 2 N–H and O–H groups in total. The van der Waals surface area contributed by atoms with E-state index < -0.39 is 0 Å². The molecule has 2 amide bonds. The van der Waals surface area contributed by atoms with Crippen LogP contribution in [0.25, 0.3) is 0 Å². The number of fused-ring (bicyclic) bond motifs is 3. The van der Waals surface area contributed by atoms with Gasteiger partial charge in [-0.15, -0.1) is 0 Å².